The molecule has 2 aliphatic rings. The Kier molecular flexibility index (Phi) is 4.48. The second-order valence-corrected chi connectivity index (χ2v) is 8.31. The fourth-order valence-electron chi connectivity index (χ4n) is 3.31. The first kappa shape index (κ1) is 16.1. The molecule has 2 heterocycles. The number of anilines is 1. The molecule has 1 unspecified atom stereocenters. The van der Waals surface area contributed by atoms with Crippen molar-refractivity contribution >= 4 is 21.4 Å². The number of carbonyl (C=O) groups excluding carboxylic acids is 1. The molecule has 0 bridgehead atoms. The molecule has 1 aromatic carbocycles. The molecule has 23 heavy (non-hydrogen) atoms. The molecule has 0 radical (unpaired) electrons. The lowest BCUT2D eigenvalue weighted by molar-refractivity contribution is -0.135. The zero-order valence-corrected chi connectivity index (χ0v) is 14.1. The Labute approximate surface area is 136 Å². The number of hydrogen-bond donors (Lipinski definition) is 0. The van der Waals surface area contributed by atoms with Gasteiger partial charge in [0, 0.05) is 26.2 Å². The number of piperazine rings is 1. The van der Waals surface area contributed by atoms with Crippen LogP contribution in [-0.4, -0.2) is 64.0 Å². The van der Waals surface area contributed by atoms with Gasteiger partial charge in [0.2, 0.25) is 5.91 Å². The fourth-order valence-corrected chi connectivity index (χ4v) is 5.04. The average molecular weight is 338 g/mol. The zero-order valence-electron chi connectivity index (χ0n) is 13.3. The molecule has 0 N–H and O–H groups in total. The van der Waals surface area contributed by atoms with Crippen LogP contribution in [-0.2, 0) is 14.6 Å². The quantitative estimate of drug-likeness (QED) is 0.815. The van der Waals surface area contributed by atoms with E-state index in [1.165, 1.54) is 0 Å². The Bertz CT molecular complexity index is 681. The highest BCUT2D eigenvalue weighted by molar-refractivity contribution is 7.91. The summed E-state index contributed by atoms with van der Waals surface area (Å²) in [4.78, 5) is 16.5. The summed E-state index contributed by atoms with van der Waals surface area (Å²) in [5.74, 6) is 0.626. The number of rotatable bonds is 3. The summed E-state index contributed by atoms with van der Waals surface area (Å²) in [6, 6.07) is 7.84. The van der Waals surface area contributed by atoms with Gasteiger partial charge < -0.3 is 14.5 Å². The minimum atomic E-state index is -3.02. The summed E-state index contributed by atoms with van der Waals surface area (Å²) >= 11 is 0. The molecule has 2 aliphatic heterocycles. The molecular formula is C16H22N2O4S. The average Bonchev–Trinajstić information content (AvgIpc) is 2.94. The number of carbonyl (C=O) groups is 1. The Balaban J connectivity index is 1.61. The number of methoxy groups -OCH3 is 1. The Morgan fingerprint density at radius 3 is 2.48 bits per heavy atom. The van der Waals surface area contributed by atoms with Crippen molar-refractivity contribution in [2.45, 2.75) is 6.42 Å². The van der Waals surface area contributed by atoms with Crippen molar-refractivity contribution in [3.63, 3.8) is 0 Å². The van der Waals surface area contributed by atoms with E-state index in [4.69, 9.17) is 4.74 Å². The van der Waals surface area contributed by atoms with Gasteiger partial charge in [-0.3, -0.25) is 4.79 Å². The second kappa shape index (κ2) is 6.39. The van der Waals surface area contributed by atoms with Crippen LogP contribution in [0.15, 0.2) is 24.3 Å². The van der Waals surface area contributed by atoms with E-state index in [0.717, 1.165) is 24.5 Å². The highest BCUT2D eigenvalue weighted by Crippen LogP contribution is 2.29. The van der Waals surface area contributed by atoms with Gasteiger partial charge in [0.05, 0.1) is 30.2 Å². The summed E-state index contributed by atoms with van der Waals surface area (Å²) in [5.41, 5.74) is 1.03. The lowest BCUT2D eigenvalue weighted by Crippen LogP contribution is -2.50. The predicted octanol–water partition coefficient (Wildman–Crippen LogP) is 0.778. The first-order chi connectivity index (χ1) is 11.0. The van der Waals surface area contributed by atoms with E-state index < -0.39 is 9.84 Å². The molecule has 1 aromatic rings. The van der Waals surface area contributed by atoms with Crippen LogP contribution >= 0.6 is 0 Å². The first-order valence-corrected chi connectivity index (χ1v) is 9.69. The standard InChI is InChI=1S/C16H22N2O4S/c1-22-15-5-3-2-4-14(15)17-7-9-18(10-8-17)16(19)13-6-11-23(20,21)12-13/h2-5,13H,6-12H2,1H3. The van der Waals surface area contributed by atoms with Crippen LogP contribution in [0.1, 0.15) is 6.42 Å². The summed E-state index contributed by atoms with van der Waals surface area (Å²) in [6.07, 6.45) is 0.466. The van der Waals surface area contributed by atoms with Crippen LogP contribution in [0.3, 0.4) is 0 Å². The van der Waals surface area contributed by atoms with Crippen molar-refractivity contribution in [1.82, 2.24) is 4.90 Å². The third-order valence-corrected chi connectivity index (χ3v) is 6.37. The van der Waals surface area contributed by atoms with E-state index in [0.29, 0.717) is 19.5 Å². The molecule has 3 rings (SSSR count). The molecule has 0 spiro atoms. The van der Waals surface area contributed by atoms with Gasteiger partial charge in [-0.2, -0.15) is 0 Å². The van der Waals surface area contributed by atoms with Gasteiger partial charge >= 0.3 is 0 Å². The number of ether oxygens (including phenoxy) is 1. The fraction of sp³-hybridized carbons (Fsp3) is 0.562. The van der Waals surface area contributed by atoms with Gasteiger partial charge in [-0.15, -0.1) is 0 Å². The van der Waals surface area contributed by atoms with E-state index in [1.54, 1.807) is 12.0 Å². The maximum Gasteiger partial charge on any atom is 0.226 e. The van der Waals surface area contributed by atoms with Crippen molar-refractivity contribution in [1.29, 1.82) is 0 Å². The van der Waals surface area contributed by atoms with Crippen molar-refractivity contribution in [2.24, 2.45) is 5.92 Å². The maximum absolute atomic E-state index is 12.5. The summed E-state index contributed by atoms with van der Waals surface area (Å²) in [7, 11) is -1.36. The molecule has 2 saturated heterocycles. The van der Waals surface area contributed by atoms with Gasteiger partial charge in [0.15, 0.2) is 9.84 Å². The molecule has 0 aromatic heterocycles. The zero-order chi connectivity index (χ0) is 16.4. The molecule has 1 atom stereocenters. The molecule has 6 nitrogen and oxygen atoms in total. The molecule has 0 aliphatic carbocycles. The lowest BCUT2D eigenvalue weighted by Gasteiger charge is -2.37. The van der Waals surface area contributed by atoms with Crippen LogP contribution < -0.4 is 9.64 Å². The van der Waals surface area contributed by atoms with E-state index in [2.05, 4.69) is 4.90 Å². The molecule has 1 amide bonds. The largest absolute Gasteiger partial charge is 0.495 e. The van der Waals surface area contributed by atoms with Crippen LogP contribution in [0.5, 0.6) is 5.75 Å². The monoisotopic (exact) mass is 338 g/mol. The minimum absolute atomic E-state index is 0.00856. The maximum atomic E-state index is 12.5. The third-order valence-electron chi connectivity index (χ3n) is 4.60. The van der Waals surface area contributed by atoms with Gasteiger partial charge in [-0.25, -0.2) is 8.42 Å². The van der Waals surface area contributed by atoms with E-state index in [-0.39, 0.29) is 23.3 Å². The number of benzene rings is 1. The third kappa shape index (κ3) is 3.44. The highest BCUT2D eigenvalue weighted by atomic mass is 32.2. The van der Waals surface area contributed by atoms with E-state index in [9.17, 15) is 13.2 Å². The van der Waals surface area contributed by atoms with Crippen LogP contribution in [0, 0.1) is 5.92 Å². The predicted molar refractivity (Wildman–Crippen MR) is 88.5 cm³/mol. The van der Waals surface area contributed by atoms with Crippen molar-refractivity contribution in [3.8, 4) is 5.75 Å². The topological polar surface area (TPSA) is 66.9 Å². The van der Waals surface area contributed by atoms with E-state index in [1.807, 2.05) is 24.3 Å². The second-order valence-electron chi connectivity index (χ2n) is 6.08. The van der Waals surface area contributed by atoms with Crippen LogP contribution in [0.4, 0.5) is 5.69 Å². The van der Waals surface area contributed by atoms with Crippen molar-refractivity contribution < 1.29 is 17.9 Å². The number of nitrogens with zero attached hydrogens (tertiary/aromatic N) is 2. The van der Waals surface area contributed by atoms with Crippen molar-refractivity contribution in [3.05, 3.63) is 24.3 Å². The van der Waals surface area contributed by atoms with Crippen LogP contribution in [0.2, 0.25) is 0 Å². The molecule has 0 saturated carbocycles. The lowest BCUT2D eigenvalue weighted by atomic mass is 10.1. The Morgan fingerprint density at radius 1 is 1.17 bits per heavy atom. The van der Waals surface area contributed by atoms with Gasteiger partial charge in [0.25, 0.3) is 0 Å². The summed E-state index contributed by atoms with van der Waals surface area (Å²) < 4.78 is 28.5. The van der Waals surface area contributed by atoms with Crippen molar-refractivity contribution in [2.75, 3.05) is 49.7 Å². The molecular weight excluding hydrogens is 316 g/mol. The van der Waals surface area contributed by atoms with E-state index >= 15 is 0 Å². The van der Waals surface area contributed by atoms with Gasteiger partial charge in [0.1, 0.15) is 5.75 Å². The minimum Gasteiger partial charge on any atom is -0.495 e. The molecule has 7 heteroatoms. The summed E-state index contributed by atoms with van der Waals surface area (Å²) in [6.45, 7) is 2.69. The number of hydrogen-bond acceptors (Lipinski definition) is 5. The number of para-hydroxylation sites is 2. The smallest absolute Gasteiger partial charge is 0.226 e. The number of sulfone groups is 1. The Morgan fingerprint density at radius 2 is 1.87 bits per heavy atom. The van der Waals surface area contributed by atoms with Gasteiger partial charge in [-0.1, -0.05) is 12.1 Å². The van der Waals surface area contributed by atoms with Crippen LogP contribution in [0.25, 0.3) is 0 Å². The normalized spacial score (nSPS) is 23.8. The first-order valence-electron chi connectivity index (χ1n) is 7.87. The highest BCUT2D eigenvalue weighted by Gasteiger charge is 2.36. The SMILES string of the molecule is COc1ccccc1N1CCN(C(=O)C2CCS(=O)(=O)C2)CC1. The summed E-state index contributed by atoms with van der Waals surface area (Å²) in [5, 5.41) is 0. The number of amides is 1. The Hall–Kier alpha value is -1.76. The van der Waals surface area contributed by atoms with Gasteiger partial charge in [-0.05, 0) is 18.6 Å². The molecule has 2 fully saturated rings. The molecule has 126 valence electrons.